The first-order valence-corrected chi connectivity index (χ1v) is 8.17. The van der Waals surface area contributed by atoms with Crippen LogP contribution in [0.3, 0.4) is 0 Å². The molecular weight excluding hydrogens is 270 g/mol. The van der Waals surface area contributed by atoms with Gasteiger partial charge in [-0.15, -0.1) is 0 Å². The van der Waals surface area contributed by atoms with E-state index >= 15 is 0 Å². The first-order chi connectivity index (χ1) is 9.43. The van der Waals surface area contributed by atoms with Crippen LogP contribution in [0.5, 0.6) is 0 Å². The molecule has 1 aliphatic rings. The van der Waals surface area contributed by atoms with Crippen LogP contribution in [0.1, 0.15) is 44.5 Å². The Morgan fingerprint density at radius 2 is 2.10 bits per heavy atom. The molecule has 3 atom stereocenters. The van der Waals surface area contributed by atoms with Gasteiger partial charge in [-0.1, -0.05) is 25.4 Å². The summed E-state index contributed by atoms with van der Waals surface area (Å²) in [5.74, 6) is 2.28. The molecule has 0 aliphatic heterocycles. The molecule has 0 bridgehead atoms. The maximum atomic E-state index is 6.42. The van der Waals surface area contributed by atoms with Crippen molar-refractivity contribution in [3.8, 4) is 0 Å². The predicted octanol–water partition coefficient (Wildman–Crippen LogP) is 3.58. The third-order valence-corrected chi connectivity index (χ3v) is 5.55. The minimum Gasteiger partial charge on any atom is -0.317 e. The lowest BCUT2D eigenvalue weighted by Gasteiger charge is -2.38. The van der Waals surface area contributed by atoms with Crippen molar-refractivity contribution in [3.63, 3.8) is 0 Å². The predicted molar refractivity (Wildman–Crippen MR) is 85.2 cm³/mol. The van der Waals surface area contributed by atoms with E-state index in [2.05, 4.69) is 31.3 Å². The highest BCUT2D eigenvalue weighted by Crippen LogP contribution is 2.36. The van der Waals surface area contributed by atoms with Gasteiger partial charge in [-0.25, -0.2) is 0 Å². The van der Waals surface area contributed by atoms with E-state index in [4.69, 9.17) is 11.6 Å². The maximum absolute atomic E-state index is 6.42. The molecule has 3 unspecified atom stereocenters. The molecule has 1 aromatic heterocycles. The van der Waals surface area contributed by atoms with E-state index in [9.17, 15) is 0 Å². The Labute approximate surface area is 128 Å². The summed E-state index contributed by atoms with van der Waals surface area (Å²) in [6, 6.07) is 0.608. The molecule has 1 N–H and O–H groups in total. The summed E-state index contributed by atoms with van der Waals surface area (Å²) in [6.45, 7) is 6.68. The average Bonchev–Trinajstić information content (AvgIpc) is 2.65. The zero-order valence-corrected chi connectivity index (χ0v) is 14.2. The molecule has 0 saturated heterocycles. The van der Waals surface area contributed by atoms with Gasteiger partial charge in [0.15, 0.2) is 0 Å². The third kappa shape index (κ3) is 3.20. The molecule has 0 spiro atoms. The van der Waals surface area contributed by atoms with E-state index in [0.717, 1.165) is 29.0 Å². The maximum Gasteiger partial charge on any atom is 0.0847 e. The van der Waals surface area contributed by atoms with Crippen molar-refractivity contribution < 1.29 is 0 Å². The first-order valence-electron chi connectivity index (χ1n) is 7.79. The minimum atomic E-state index is 0.608. The van der Waals surface area contributed by atoms with E-state index in [1.807, 2.05) is 18.7 Å². The van der Waals surface area contributed by atoms with Gasteiger partial charge in [0.25, 0.3) is 0 Å². The van der Waals surface area contributed by atoms with Crippen LogP contribution in [-0.4, -0.2) is 22.9 Å². The standard InChI is InChI=1S/C16H28ClN3/c1-10(2)12-6-7-14(18-4)13(8-12)9-15-16(17)11(3)19-20(15)5/h10,12-14,18H,6-9H2,1-5H3. The second-order valence-corrected chi connectivity index (χ2v) is 7.02. The van der Waals surface area contributed by atoms with Gasteiger partial charge in [-0.2, -0.15) is 5.10 Å². The van der Waals surface area contributed by atoms with Crippen LogP contribution in [-0.2, 0) is 13.5 Å². The number of nitrogens with one attached hydrogen (secondary N) is 1. The van der Waals surface area contributed by atoms with E-state index in [1.165, 1.54) is 25.0 Å². The van der Waals surface area contributed by atoms with Gasteiger partial charge < -0.3 is 5.32 Å². The topological polar surface area (TPSA) is 29.9 Å². The summed E-state index contributed by atoms with van der Waals surface area (Å²) in [4.78, 5) is 0. The molecule has 1 aromatic rings. The van der Waals surface area contributed by atoms with Crippen molar-refractivity contribution in [1.29, 1.82) is 0 Å². The highest BCUT2D eigenvalue weighted by atomic mass is 35.5. The summed E-state index contributed by atoms with van der Waals surface area (Å²) in [5, 5.41) is 8.81. The fourth-order valence-electron chi connectivity index (χ4n) is 3.66. The molecule has 4 heteroatoms. The smallest absolute Gasteiger partial charge is 0.0847 e. The van der Waals surface area contributed by atoms with Gasteiger partial charge in [0.2, 0.25) is 0 Å². The van der Waals surface area contributed by atoms with Gasteiger partial charge in [0, 0.05) is 13.1 Å². The average molecular weight is 298 g/mol. The monoisotopic (exact) mass is 297 g/mol. The Kier molecular flexibility index (Phi) is 5.14. The van der Waals surface area contributed by atoms with Crippen LogP contribution in [0.15, 0.2) is 0 Å². The third-order valence-electron chi connectivity index (χ3n) is 5.05. The molecule has 114 valence electrons. The Bertz CT molecular complexity index is 453. The molecule has 3 nitrogen and oxygen atoms in total. The van der Waals surface area contributed by atoms with Crippen molar-refractivity contribution >= 4 is 11.6 Å². The van der Waals surface area contributed by atoms with Gasteiger partial charge in [-0.05, 0) is 57.4 Å². The Morgan fingerprint density at radius 3 is 2.60 bits per heavy atom. The van der Waals surface area contributed by atoms with Crippen LogP contribution < -0.4 is 5.32 Å². The number of hydrogen-bond donors (Lipinski definition) is 1. The van der Waals surface area contributed by atoms with Crippen LogP contribution in [0.4, 0.5) is 0 Å². The molecule has 1 fully saturated rings. The summed E-state index contributed by atoms with van der Waals surface area (Å²) >= 11 is 6.42. The fourth-order valence-corrected chi connectivity index (χ4v) is 3.90. The molecule has 1 aliphatic carbocycles. The second-order valence-electron chi connectivity index (χ2n) is 6.65. The number of aryl methyl sites for hydroxylation is 2. The number of halogens is 1. The molecule has 20 heavy (non-hydrogen) atoms. The number of rotatable bonds is 4. The summed E-state index contributed by atoms with van der Waals surface area (Å²) < 4.78 is 1.96. The second kappa shape index (κ2) is 6.48. The molecule has 1 saturated carbocycles. The number of aromatic nitrogens is 2. The largest absolute Gasteiger partial charge is 0.317 e. The highest BCUT2D eigenvalue weighted by molar-refractivity contribution is 6.31. The van der Waals surface area contributed by atoms with Crippen LogP contribution in [0, 0.1) is 24.7 Å². The highest BCUT2D eigenvalue weighted by Gasteiger charge is 2.32. The van der Waals surface area contributed by atoms with Crippen molar-refractivity contribution in [2.75, 3.05) is 7.05 Å². The molecule has 0 aromatic carbocycles. The van der Waals surface area contributed by atoms with E-state index < -0.39 is 0 Å². The van der Waals surface area contributed by atoms with Crippen LogP contribution >= 0.6 is 11.6 Å². The Hall–Kier alpha value is -0.540. The molecule has 2 rings (SSSR count). The zero-order valence-electron chi connectivity index (χ0n) is 13.4. The number of nitrogens with zero attached hydrogens (tertiary/aromatic N) is 2. The van der Waals surface area contributed by atoms with Crippen LogP contribution in [0.25, 0.3) is 0 Å². The van der Waals surface area contributed by atoms with Gasteiger partial charge in [0.05, 0.1) is 16.4 Å². The van der Waals surface area contributed by atoms with Crippen LogP contribution in [0.2, 0.25) is 5.02 Å². The van der Waals surface area contributed by atoms with E-state index in [-0.39, 0.29) is 0 Å². The minimum absolute atomic E-state index is 0.608. The van der Waals surface area contributed by atoms with Crippen molar-refractivity contribution in [2.24, 2.45) is 24.8 Å². The molecule has 1 heterocycles. The lowest BCUT2D eigenvalue weighted by Crippen LogP contribution is -2.41. The quantitative estimate of drug-likeness (QED) is 0.920. The SMILES string of the molecule is CNC1CCC(C(C)C)CC1Cc1c(Cl)c(C)nn1C. The van der Waals surface area contributed by atoms with Gasteiger partial charge in [0.1, 0.15) is 0 Å². The normalized spacial score (nSPS) is 27.2. The Morgan fingerprint density at radius 1 is 1.40 bits per heavy atom. The van der Waals surface area contributed by atoms with Crippen molar-refractivity contribution in [2.45, 2.75) is 52.5 Å². The summed E-state index contributed by atoms with van der Waals surface area (Å²) in [7, 11) is 4.09. The van der Waals surface area contributed by atoms with Crippen molar-refractivity contribution in [3.05, 3.63) is 16.4 Å². The fraction of sp³-hybridized carbons (Fsp3) is 0.812. The first kappa shape index (κ1) is 15.8. The summed E-state index contributed by atoms with van der Waals surface area (Å²) in [6.07, 6.45) is 4.95. The van der Waals surface area contributed by atoms with Gasteiger partial charge >= 0.3 is 0 Å². The molecular formula is C16H28ClN3. The van der Waals surface area contributed by atoms with E-state index in [0.29, 0.717) is 12.0 Å². The molecule has 0 amide bonds. The van der Waals surface area contributed by atoms with Crippen molar-refractivity contribution in [1.82, 2.24) is 15.1 Å². The lowest BCUT2D eigenvalue weighted by atomic mass is 9.72. The molecule has 0 radical (unpaired) electrons. The van der Waals surface area contributed by atoms with Gasteiger partial charge in [-0.3, -0.25) is 4.68 Å². The lowest BCUT2D eigenvalue weighted by molar-refractivity contribution is 0.171. The van der Waals surface area contributed by atoms with E-state index in [1.54, 1.807) is 0 Å². The number of hydrogen-bond acceptors (Lipinski definition) is 2. The zero-order chi connectivity index (χ0) is 14.9. The Balaban J connectivity index is 2.15. The summed E-state index contributed by atoms with van der Waals surface area (Å²) in [5.41, 5.74) is 2.14.